The molecule has 2 amide bonds. The number of methoxy groups -OCH3 is 1. The Hall–Kier alpha value is -2.22. The number of hydrogen-bond acceptors (Lipinski definition) is 5. The van der Waals surface area contributed by atoms with Crippen molar-refractivity contribution in [3.05, 3.63) is 33.4 Å². The summed E-state index contributed by atoms with van der Waals surface area (Å²) in [5, 5.41) is 15.9. The van der Waals surface area contributed by atoms with Crippen LogP contribution in [0.1, 0.15) is 45.2 Å². The molecule has 142 valence electrons. The Kier molecular flexibility index (Phi) is 6.52. The number of hydrogen-bond donors (Lipinski definition) is 3. The van der Waals surface area contributed by atoms with E-state index in [4.69, 9.17) is 9.47 Å². The van der Waals surface area contributed by atoms with Crippen molar-refractivity contribution >= 4 is 27.9 Å². The summed E-state index contributed by atoms with van der Waals surface area (Å²) in [6.07, 6.45) is 0.911. The van der Waals surface area contributed by atoms with E-state index < -0.39 is 18.0 Å². The summed E-state index contributed by atoms with van der Waals surface area (Å²) in [6.45, 7) is 5.45. The summed E-state index contributed by atoms with van der Waals surface area (Å²) in [5.41, 5.74) is 1.11. The van der Waals surface area contributed by atoms with Gasteiger partial charge in [-0.15, -0.1) is 0 Å². The fraction of sp³-hybridized carbons (Fsp3) is 0.444. The number of nitrogens with one attached hydrogen (secondary N) is 2. The molecule has 26 heavy (non-hydrogen) atoms. The maximum atomic E-state index is 12.7. The zero-order chi connectivity index (χ0) is 19.4. The molecule has 7 nitrogen and oxygen atoms in total. The molecule has 0 saturated heterocycles. The molecule has 1 unspecified atom stereocenters. The molecule has 0 saturated carbocycles. The Balaban J connectivity index is 2.63. The van der Waals surface area contributed by atoms with Crippen LogP contribution >= 0.6 is 15.9 Å². The first-order valence-electron chi connectivity index (χ1n) is 8.36. The summed E-state index contributed by atoms with van der Waals surface area (Å²) in [5.74, 6) is -0.455. The normalized spacial score (nSPS) is 17.0. The number of amides is 2. The van der Waals surface area contributed by atoms with Crippen molar-refractivity contribution in [3.63, 3.8) is 0 Å². The number of aromatic hydroxyl groups is 1. The van der Waals surface area contributed by atoms with Gasteiger partial charge in [-0.1, -0.05) is 29.3 Å². The highest BCUT2D eigenvalue weighted by atomic mass is 79.9. The Morgan fingerprint density at radius 1 is 1.38 bits per heavy atom. The van der Waals surface area contributed by atoms with Crippen LogP contribution in [0.2, 0.25) is 0 Å². The molecule has 1 aromatic rings. The number of phenols is 1. The Morgan fingerprint density at radius 3 is 2.65 bits per heavy atom. The number of phenolic OH excluding ortho intramolecular Hbond substituents is 1. The van der Waals surface area contributed by atoms with Gasteiger partial charge in [-0.2, -0.15) is 0 Å². The van der Waals surface area contributed by atoms with Gasteiger partial charge in [0.1, 0.15) is 0 Å². The minimum atomic E-state index is -0.858. The first-order chi connectivity index (χ1) is 12.3. The van der Waals surface area contributed by atoms with Crippen LogP contribution in [0.5, 0.6) is 11.5 Å². The van der Waals surface area contributed by atoms with Gasteiger partial charge in [0.05, 0.1) is 24.8 Å². The minimum absolute atomic E-state index is 0.145. The number of halogens is 1. The topological polar surface area (TPSA) is 96.9 Å². The molecule has 1 aliphatic rings. The van der Waals surface area contributed by atoms with E-state index in [-0.39, 0.29) is 23.2 Å². The number of urea groups is 1. The van der Waals surface area contributed by atoms with E-state index in [1.54, 1.807) is 26.0 Å². The molecule has 0 radical (unpaired) electrons. The van der Waals surface area contributed by atoms with Crippen LogP contribution in [0.3, 0.4) is 0 Å². The molecule has 1 aromatic carbocycles. The van der Waals surface area contributed by atoms with E-state index >= 15 is 0 Å². The Morgan fingerprint density at radius 2 is 2.08 bits per heavy atom. The smallest absolute Gasteiger partial charge is 0.338 e. The Labute approximate surface area is 160 Å². The van der Waals surface area contributed by atoms with Crippen LogP contribution in [-0.2, 0) is 9.53 Å². The molecule has 0 spiro atoms. The highest BCUT2D eigenvalue weighted by molar-refractivity contribution is 9.10. The van der Waals surface area contributed by atoms with E-state index in [0.717, 1.165) is 6.42 Å². The molecular weight excluding hydrogens is 404 g/mol. The summed E-state index contributed by atoms with van der Waals surface area (Å²) in [4.78, 5) is 24.9. The van der Waals surface area contributed by atoms with Gasteiger partial charge in [0.2, 0.25) is 0 Å². The fourth-order valence-corrected chi connectivity index (χ4v) is 3.24. The predicted molar refractivity (Wildman–Crippen MR) is 99.9 cm³/mol. The summed E-state index contributed by atoms with van der Waals surface area (Å²) in [6, 6.07) is 1.94. The average molecular weight is 427 g/mol. The summed E-state index contributed by atoms with van der Waals surface area (Å²) in [7, 11) is 1.43. The standard InChI is InChI=1S/C18H23BrN2O5/c1-5-6-12-14(17(23)26-9(2)3)15(21-18(24)20-12)11-7-10(19)8-13(25-4)16(11)22/h7-9,15,22H,5-6H2,1-4H3,(H2,20,21,24). The monoisotopic (exact) mass is 426 g/mol. The van der Waals surface area contributed by atoms with Crippen molar-refractivity contribution in [1.82, 2.24) is 10.6 Å². The van der Waals surface area contributed by atoms with E-state index in [1.807, 2.05) is 6.92 Å². The van der Waals surface area contributed by atoms with E-state index in [0.29, 0.717) is 22.2 Å². The lowest BCUT2D eigenvalue weighted by atomic mass is 9.93. The first-order valence-corrected chi connectivity index (χ1v) is 9.15. The second-order valence-corrected chi connectivity index (χ2v) is 7.09. The third-order valence-corrected chi connectivity index (χ3v) is 4.27. The SMILES string of the molecule is CCCC1=C(C(=O)OC(C)C)C(c2cc(Br)cc(OC)c2O)NC(=O)N1. The number of carbonyl (C=O) groups excluding carboxylic acids is 2. The molecule has 0 aliphatic carbocycles. The highest BCUT2D eigenvalue weighted by Gasteiger charge is 2.36. The van der Waals surface area contributed by atoms with Gasteiger partial charge in [-0.25, -0.2) is 9.59 Å². The van der Waals surface area contributed by atoms with Crippen LogP contribution in [0.25, 0.3) is 0 Å². The van der Waals surface area contributed by atoms with Gasteiger partial charge in [-0.05, 0) is 32.4 Å². The lowest BCUT2D eigenvalue weighted by Crippen LogP contribution is -2.46. The van der Waals surface area contributed by atoms with Crippen LogP contribution < -0.4 is 15.4 Å². The second kappa shape index (κ2) is 8.44. The quantitative estimate of drug-likeness (QED) is 0.604. The number of esters is 1. The predicted octanol–water partition coefficient (Wildman–Crippen LogP) is 3.52. The van der Waals surface area contributed by atoms with Crippen LogP contribution in [0.15, 0.2) is 27.9 Å². The van der Waals surface area contributed by atoms with Crippen LogP contribution in [0, 0.1) is 0 Å². The molecule has 0 fully saturated rings. The first kappa shape index (κ1) is 20.1. The van der Waals surface area contributed by atoms with Gasteiger partial charge in [0.25, 0.3) is 0 Å². The van der Waals surface area contributed by atoms with Gasteiger partial charge in [-0.3, -0.25) is 0 Å². The zero-order valence-electron chi connectivity index (χ0n) is 15.2. The molecule has 2 rings (SSSR count). The van der Waals surface area contributed by atoms with Gasteiger partial charge >= 0.3 is 12.0 Å². The average Bonchev–Trinajstić information content (AvgIpc) is 2.55. The second-order valence-electron chi connectivity index (χ2n) is 6.17. The zero-order valence-corrected chi connectivity index (χ0v) is 16.8. The van der Waals surface area contributed by atoms with Crippen molar-refractivity contribution in [2.75, 3.05) is 7.11 Å². The third-order valence-electron chi connectivity index (χ3n) is 3.82. The maximum absolute atomic E-state index is 12.7. The van der Waals surface area contributed by atoms with E-state index in [9.17, 15) is 14.7 Å². The van der Waals surface area contributed by atoms with Gasteiger partial charge in [0.15, 0.2) is 11.5 Å². The van der Waals surface area contributed by atoms with E-state index in [2.05, 4.69) is 26.6 Å². The molecule has 0 aromatic heterocycles. The maximum Gasteiger partial charge on any atom is 0.338 e. The lowest BCUT2D eigenvalue weighted by Gasteiger charge is -2.30. The molecule has 1 heterocycles. The number of rotatable bonds is 6. The van der Waals surface area contributed by atoms with Crippen molar-refractivity contribution in [2.45, 2.75) is 45.8 Å². The highest BCUT2D eigenvalue weighted by Crippen LogP contribution is 2.41. The largest absolute Gasteiger partial charge is 0.504 e. The Bertz CT molecular complexity index is 745. The van der Waals surface area contributed by atoms with Crippen molar-refractivity contribution < 1.29 is 24.2 Å². The molecule has 1 atom stereocenters. The number of benzene rings is 1. The molecular formula is C18H23BrN2O5. The molecule has 3 N–H and O–H groups in total. The van der Waals surface area contributed by atoms with Crippen molar-refractivity contribution in [3.8, 4) is 11.5 Å². The van der Waals surface area contributed by atoms with Gasteiger partial charge < -0.3 is 25.2 Å². The minimum Gasteiger partial charge on any atom is -0.504 e. The number of ether oxygens (including phenoxy) is 2. The number of allylic oxidation sites excluding steroid dienone is 1. The lowest BCUT2D eigenvalue weighted by molar-refractivity contribution is -0.143. The van der Waals surface area contributed by atoms with Crippen LogP contribution in [-0.4, -0.2) is 30.3 Å². The number of carbonyl (C=O) groups is 2. The summed E-state index contributed by atoms with van der Waals surface area (Å²) < 4.78 is 11.2. The van der Waals surface area contributed by atoms with Crippen molar-refractivity contribution in [1.29, 1.82) is 0 Å². The van der Waals surface area contributed by atoms with E-state index in [1.165, 1.54) is 7.11 Å². The molecule has 8 heteroatoms. The molecule has 0 bridgehead atoms. The van der Waals surface area contributed by atoms with Crippen molar-refractivity contribution in [2.24, 2.45) is 0 Å². The molecule has 1 aliphatic heterocycles. The summed E-state index contributed by atoms with van der Waals surface area (Å²) >= 11 is 3.36. The van der Waals surface area contributed by atoms with Gasteiger partial charge in [0, 0.05) is 15.7 Å². The third kappa shape index (κ3) is 4.30. The van der Waals surface area contributed by atoms with Crippen LogP contribution in [0.4, 0.5) is 4.79 Å². The fourth-order valence-electron chi connectivity index (χ4n) is 2.79.